The van der Waals surface area contributed by atoms with Crippen LogP contribution in [0.2, 0.25) is 0 Å². The van der Waals surface area contributed by atoms with Gasteiger partial charge in [0.15, 0.2) is 12.1 Å². The SMILES string of the molecule is Cc1cc2c(cc1C)O[C@@H](C(=O)N1CCOC[C@H]1C(=O)O)C2. The highest BCUT2D eigenvalue weighted by molar-refractivity contribution is 5.87. The minimum absolute atomic E-state index is 0.0267. The normalized spacial score (nSPS) is 23.8. The lowest BCUT2D eigenvalue weighted by Gasteiger charge is -2.34. The van der Waals surface area contributed by atoms with Crippen molar-refractivity contribution in [3.05, 3.63) is 28.8 Å². The molecule has 0 aliphatic carbocycles. The molecule has 1 N–H and O–H groups in total. The maximum Gasteiger partial charge on any atom is 0.328 e. The van der Waals surface area contributed by atoms with Crippen LogP contribution in [0.5, 0.6) is 5.75 Å². The molecular weight excluding hydrogens is 286 g/mol. The number of hydrogen-bond donors (Lipinski definition) is 1. The fourth-order valence-electron chi connectivity index (χ4n) is 2.91. The molecule has 1 aromatic rings. The number of benzene rings is 1. The number of rotatable bonds is 2. The van der Waals surface area contributed by atoms with E-state index in [0.29, 0.717) is 13.0 Å². The van der Waals surface area contributed by atoms with E-state index in [1.54, 1.807) is 0 Å². The third kappa shape index (κ3) is 2.54. The van der Waals surface area contributed by atoms with Crippen molar-refractivity contribution < 1.29 is 24.2 Å². The molecule has 6 heteroatoms. The Morgan fingerprint density at radius 2 is 2.00 bits per heavy atom. The Balaban J connectivity index is 1.78. The van der Waals surface area contributed by atoms with E-state index in [1.807, 2.05) is 26.0 Å². The van der Waals surface area contributed by atoms with Crippen LogP contribution in [-0.2, 0) is 20.7 Å². The van der Waals surface area contributed by atoms with E-state index in [9.17, 15) is 14.7 Å². The summed E-state index contributed by atoms with van der Waals surface area (Å²) < 4.78 is 10.9. The summed E-state index contributed by atoms with van der Waals surface area (Å²) in [4.78, 5) is 25.3. The van der Waals surface area contributed by atoms with Crippen LogP contribution in [-0.4, -0.2) is 53.8 Å². The Morgan fingerprint density at radius 1 is 1.27 bits per heavy atom. The highest BCUT2D eigenvalue weighted by atomic mass is 16.5. The zero-order valence-corrected chi connectivity index (χ0v) is 12.7. The molecule has 1 fully saturated rings. The van der Waals surface area contributed by atoms with Crippen LogP contribution in [0.1, 0.15) is 16.7 Å². The van der Waals surface area contributed by atoms with Gasteiger partial charge in [-0.15, -0.1) is 0 Å². The van der Waals surface area contributed by atoms with Crippen LogP contribution in [0.3, 0.4) is 0 Å². The lowest BCUT2D eigenvalue weighted by Crippen LogP contribution is -2.56. The van der Waals surface area contributed by atoms with Gasteiger partial charge >= 0.3 is 5.97 Å². The van der Waals surface area contributed by atoms with Crippen LogP contribution in [0, 0.1) is 13.8 Å². The molecule has 6 nitrogen and oxygen atoms in total. The average Bonchev–Trinajstić information content (AvgIpc) is 2.89. The summed E-state index contributed by atoms with van der Waals surface area (Å²) in [7, 11) is 0. The molecular formula is C16H19NO5. The number of carboxylic acid groups (broad SMARTS) is 1. The van der Waals surface area contributed by atoms with E-state index < -0.39 is 18.1 Å². The first-order chi connectivity index (χ1) is 10.5. The molecule has 2 aliphatic rings. The first kappa shape index (κ1) is 14.8. The van der Waals surface area contributed by atoms with Crippen LogP contribution < -0.4 is 4.74 Å². The van der Waals surface area contributed by atoms with Crippen molar-refractivity contribution in [1.82, 2.24) is 4.90 Å². The van der Waals surface area contributed by atoms with E-state index in [2.05, 4.69) is 0 Å². The van der Waals surface area contributed by atoms with Gasteiger partial charge in [-0.05, 0) is 36.6 Å². The first-order valence-corrected chi connectivity index (χ1v) is 7.35. The van der Waals surface area contributed by atoms with Gasteiger partial charge < -0.3 is 19.5 Å². The third-order valence-corrected chi connectivity index (χ3v) is 4.32. The van der Waals surface area contributed by atoms with Gasteiger partial charge in [-0.25, -0.2) is 4.79 Å². The van der Waals surface area contributed by atoms with Gasteiger partial charge in [0.1, 0.15) is 5.75 Å². The Bertz CT molecular complexity index is 596. The molecule has 118 valence electrons. The number of nitrogens with zero attached hydrogens (tertiary/aromatic N) is 1. The molecule has 1 amide bonds. The fraction of sp³-hybridized carbons (Fsp3) is 0.500. The predicted octanol–water partition coefficient (Wildman–Crippen LogP) is 0.919. The number of morpholine rings is 1. The van der Waals surface area contributed by atoms with E-state index in [4.69, 9.17) is 9.47 Å². The summed E-state index contributed by atoms with van der Waals surface area (Å²) in [6.45, 7) is 4.68. The Kier molecular flexibility index (Phi) is 3.78. The van der Waals surface area contributed by atoms with Gasteiger partial charge in [0, 0.05) is 13.0 Å². The highest BCUT2D eigenvalue weighted by Crippen LogP contribution is 2.32. The number of carbonyl (C=O) groups excluding carboxylic acids is 1. The number of carboxylic acids is 1. The van der Waals surface area contributed by atoms with E-state index in [1.165, 1.54) is 4.90 Å². The number of hydrogen-bond acceptors (Lipinski definition) is 4. The number of ether oxygens (including phenoxy) is 2. The van der Waals surface area contributed by atoms with Gasteiger partial charge in [-0.1, -0.05) is 6.07 Å². The summed E-state index contributed by atoms with van der Waals surface area (Å²) in [5.41, 5.74) is 3.27. The van der Waals surface area contributed by atoms with E-state index >= 15 is 0 Å². The van der Waals surface area contributed by atoms with Crippen molar-refractivity contribution in [2.24, 2.45) is 0 Å². The van der Waals surface area contributed by atoms with Crippen molar-refractivity contribution in [3.8, 4) is 5.75 Å². The zero-order valence-electron chi connectivity index (χ0n) is 12.7. The lowest BCUT2D eigenvalue weighted by atomic mass is 10.0. The van der Waals surface area contributed by atoms with Crippen LogP contribution in [0.25, 0.3) is 0 Å². The Labute approximate surface area is 128 Å². The van der Waals surface area contributed by atoms with Gasteiger partial charge in [0.05, 0.1) is 13.2 Å². The van der Waals surface area contributed by atoms with Crippen LogP contribution >= 0.6 is 0 Å². The molecule has 2 heterocycles. The second kappa shape index (κ2) is 5.61. The smallest absolute Gasteiger partial charge is 0.328 e. The quantitative estimate of drug-likeness (QED) is 0.879. The summed E-state index contributed by atoms with van der Waals surface area (Å²) in [6.07, 6.45) is -0.157. The molecule has 1 saturated heterocycles. The van der Waals surface area contributed by atoms with Crippen LogP contribution in [0.15, 0.2) is 12.1 Å². The van der Waals surface area contributed by atoms with Crippen molar-refractivity contribution >= 4 is 11.9 Å². The third-order valence-electron chi connectivity index (χ3n) is 4.32. The molecule has 2 aliphatic heterocycles. The minimum Gasteiger partial charge on any atom is -0.480 e. The maximum atomic E-state index is 12.6. The van der Waals surface area contributed by atoms with Crippen molar-refractivity contribution in [1.29, 1.82) is 0 Å². The van der Waals surface area contributed by atoms with Gasteiger partial charge in [-0.2, -0.15) is 0 Å². The molecule has 0 unspecified atom stereocenters. The monoisotopic (exact) mass is 305 g/mol. The van der Waals surface area contributed by atoms with Gasteiger partial charge in [-0.3, -0.25) is 4.79 Å². The number of carbonyl (C=O) groups is 2. The summed E-state index contributed by atoms with van der Waals surface area (Å²) in [5.74, 6) is -0.598. The zero-order chi connectivity index (χ0) is 15.9. The largest absolute Gasteiger partial charge is 0.480 e. The molecule has 1 aromatic carbocycles. The number of fused-ring (bicyclic) bond motifs is 1. The molecule has 0 radical (unpaired) electrons. The topological polar surface area (TPSA) is 76.1 Å². The van der Waals surface area contributed by atoms with Crippen molar-refractivity contribution in [2.45, 2.75) is 32.4 Å². The summed E-state index contributed by atoms with van der Waals surface area (Å²) in [6, 6.07) is 3.04. The molecule has 3 rings (SSSR count). The van der Waals surface area contributed by atoms with Gasteiger partial charge in [0.25, 0.3) is 5.91 Å². The van der Waals surface area contributed by atoms with E-state index in [-0.39, 0.29) is 19.1 Å². The molecule has 22 heavy (non-hydrogen) atoms. The van der Waals surface area contributed by atoms with Gasteiger partial charge in [0.2, 0.25) is 0 Å². The van der Waals surface area contributed by atoms with Crippen molar-refractivity contribution in [3.63, 3.8) is 0 Å². The fourth-order valence-corrected chi connectivity index (χ4v) is 2.91. The van der Waals surface area contributed by atoms with E-state index in [0.717, 1.165) is 22.4 Å². The molecule has 0 bridgehead atoms. The predicted molar refractivity (Wildman–Crippen MR) is 78.0 cm³/mol. The summed E-state index contributed by atoms with van der Waals surface area (Å²) >= 11 is 0. The van der Waals surface area contributed by atoms with Crippen molar-refractivity contribution in [2.75, 3.05) is 19.8 Å². The number of aryl methyl sites for hydroxylation is 2. The maximum absolute atomic E-state index is 12.6. The molecule has 0 spiro atoms. The lowest BCUT2D eigenvalue weighted by molar-refractivity contribution is -0.161. The standard InChI is InChI=1S/C16H19NO5/c1-9-5-11-7-14(22-13(11)6-10(9)2)15(18)17-3-4-21-8-12(17)16(19)20/h5-6,12,14H,3-4,7-8H2,1-2H3,(H,19,20)/t12-,14+/m0/s1. The number of aliphatic carboxylic acids is 1. The molecule has 0 aromatic heterocycles. The second-order valence-corrected chi connectivity index (χ2v) is 5.82. The first-order valence-electron chi connectivity index (χ1n) is 7.35. The second-order valence-electron chi connectivity index (χ2n) is 5.82. The average molecular weight is 305 g/mol. The van der Waals surface area contributed by atoms with Crippen LogP contribution in [0.4, 0.5) is 0 Å². The molecule has 2 atom stereocenters. The molecule has 0 saturated carbocycles. The Hall–Kier alpha value is -2.08. The minimum atomic E-state index is -1.05. The summed E-state index contributed by atoms with van der Waals surface area (Å²) in [5, 5.41) is 9.23. The Morgan fingerprint density at radius 3 is 2.73 bits per heavy atom. The number of amides is 1. The highest BCUT2D eigenvalue weighted by Gasteiger charge is 2.39.